The molecule has 0 aliphatic carbocycles. The van der Waals surface area contributed by atoms with Crippen LogP contribution >= 0.6 is 0 Å². The number of hydrogen-bond donors (Lipinski definition) is 1. The first-order chi connectivity index (χ1) is 10.6. The maximum Gasteiger partial charge on any atom is 0.184 e. The SMILES string of the molecule is Cn1cc(C(=O)CNc2ccc(F)c(F)c2)c2ccccc21. The molecule has 0 saturated heterocycles. The lowest BCUT2D eigenvalue weighted by Gasteiger charge is -2.05. The summed E-state index contributed by atoms with van der Waals surface area (Å²) in [6.45, 7) is 0.0130. The quantitative estimate of drug-likeness (QED) is 0.745. The van der Waals surface area contributed by atoms with E-state index in [1.54, 1.807) is 6.20 Å². The summed E-state index contributed by atoms with van der Waals surface area (Å²) in [5.74, 6) is -1.96. The average molecular weight is 300 g/mol. The highest BCUT2D eigenvalue weighted by atomic mass is 19.2. The van der Waals surface area contributed by atoms with Crippen LogP contribution < -0.4 is 5.32 Å². The van der Waals surface area contributed by atoms with Crippen molar-refractivity contribution in [2.24, 2.45) is 7.05 Å². The summed E-state index contributed by atoms with van der Waals surface area (Å²) < 4.78 is 27.9. The van der Waals surface area contributed by atoms with E-state index in [0.717, 1.165) is 23.0 Å². The highest BCUT2D eigenvalue weighted by molar-refractivity contribution is 6.09. The molecule has 0 aliphatic heterocycles. The van der Waals surface area contributed by atoms with E-state index in [0.29, 0.717) is 11.3 Å². The van der Waals surface area contributed by atoms with Crippen molar-refractivity contribution < 1.29 is 13.6 Å². The van der Waals surface area contributed by atoms with E-state index in [1.165, 1.54) is 6.07 Å². The fraction of sp³-hybridized carbons (Fsp3) is 0.118. The van der Waals surface area contributed by atoms with E-state index >= 15 is 0 Å². The lowest BCUT2D eigenvalue weighted by atomic mass is 10.1. The third-order valence-corrected chi connectivity index (χ3v) is 3.57. The molecule has 0 atom stereocenters. The number of Topliss-reactive ketones (excluding diaryl/α,β-unsaturated/α-hetero) is 1. The Balaban J connectivity index is 1.80. The minimum atomic E-state index is -0.942. The van der Waals surface area contributed by atoms with Crippen molar-refractivity contribution in [3.05, 3.63) is 65.9 Å². The van der Waals surface area contributed by atoms with Gasteiger partial charge in [0.05, 0.1) is 6.54 Å². The number of fused-ring (bicyclic) bond motifs is 1. The van der Waals surface area contributed by atoms with E-state index < -0.39 is 11.6 Å². The monoisotopic (exact) mass is 300 g/mol. The van der Waals surface area contributed by atoms with Crippen LogP contribution in [-0.4, -0.2) is 16.9 Å². The van der Waals surface area contributed by atoms with Gasteiger partial charge in [-0.25, -0.2) is 8.78 Å². The van der Waals surface area contributed by atoms with Gasteiger partial charge in [0.25, 0.3) is 0 Å². The summed E-state index contributed by atoms with van der Waals surface area (Å²) in [5.41, 5.74) is 1.94. The number of benzene rings is 2. The lowest BCUT2D eigenvalue weighted by molar-refractivity contribution is 0.101. The zero-order chi connectivity index (χ0) is 15.7. The maximum atomic E-state index is 13.1. The minimum Gasteiger partial charge on any atom is -0.377 e. The molecule has 3 aromatic rings. The van der Waals surface area contributed by atoms with Gasteiger partial charge in [-0.15, -0.1) is 0 Å². The fourth-order valence-electron chi connectivity index (χ4n) is 2.45. The first-order valence-electron chi connectivity index (χ1n) is 6.82. The predicted molar refractivity (Wildman–Crippen MR) is 82.1 cm³/mol. The van der Waals surface area contributed by atoms with Gasteiger partial charge in [-0.3, -0.25) is 4.79 Å². The number of nitrogens with one attached hydrogen (secondary N) is 1. The van der Waals surface area contributed by atoms with E-state index in [2.05, 4.69) is 5.32 Å². The van der Waals surface area contributed by atoms with Crippen LogP contribution in [0.15, 0.2) is 48.7 Å². The zero-order valence-electron chi connectivity index (χ0n) is 11.9. The van der Waals surface area contributed by atoms with Gasteiger partial charge in [0, 0.05) is 41.5 Å². The standard InChI is InChI=1S/C17H14F2N2O/c1-21-10-13(12-4-2-3-5-16(12)21)17(22)9-20-11-6-7-14(18)15(19)8-11/h2-8,10,20H,9H2,1H3. The van der Waals surface area contributed by atoms with Crippen molar-refractivity contribution in [2.45, 2.75) is 0 Å². The van der Waals surface area contributed by atoms with Gasteiger partial charge >= 0.3 is 0 Å². The lowest BCUT2D eigenvalue weighted by Crippen LogP contribution is -2.14. The molecular formula is C17H14F2N2O. The van der Waals surface area contributed by atoms with Crippen LogP contribution in [0, 0.1) is 11.6 Å². The molecule has 0 spiro atoms. The van der Waals surface area contributed by atoms with Crippen LogP contribution in [0.5, 0.6) is 0 Å². The van der Waals surface area contributed by atoms with Crippen molar-refractivity contribution >= 4 is 22.4 Å². The van der Waals surface area contributed by atoms with Crippen LogP contribution in [0.2, 0.25) is 0 Å². The van der Waals surface area contributed by atoms with Crippen LogP contribution in [-0.2, 0) is 7.05 Å². The molecule has 112 valence electrons. The summed E-state index contributed by atoms with van der Waals surface area (Å²) in [7, 11) is 1.88. The summed E-state index contributed by atoms with van der Waals surface area (Å²) in [4.78, 5) is 12.4. The Morgan fingerprint density at radius 1 is 1.14 bits per heavy atom. The summed E-state index contributed by atoms with van der Waals surface area (Å²) in [6, 6.07) is 11.1. The van der Waals surface area contributed by atoms with E-state index in [4.69, 9.17) is 0 Å². The molecule has 0 bridgehead atoms. The first kappa shape index (κ1) is 14.3. The van der Waals surface area contributed by atoms with Crippen LogP contribution in [0.25, 0.3) is 10.9 Å². The van der Waals surface area contributed by atoms with E-state index in [9.17, 15) is 13.6 Å². The van der Waals surface area contributed by atoms with Crippen LogP contribution in [0.3, 0.4) is 0 Å². The maximum absolute atomic E-state index is 13.1. The average Bonchev–Trinajstić information content (AvgIpc) is 2.86. The normalized spacial score (nSPS) is 10.9. The molecule has 0 amide bonds. The number of para-hydroxylation sites is 1. The van der Waals surface area contributed by atoms with E-state index in [-0.39, 0.29) is 12.3 Å². The van der Waals surface area contributed by atoms with Gasteiger partial charge in [-0.05, 0) is 18.2 Å². The molecule has 0 aliphatic rings. The molecule has 0 saturated carbocycles. The Hall–Kier alpha value is -2.69. The van der Waals surface area contributed by atoms with Gasteiger partial charge in [-0.1, -0.05) is 18.2 Å². The van der Waals surface area contributed by atoms with Gasteiger partial charge in [0.15, 0.2) is 17.4 Å². The Kier molecular flexibility index (Phi) is 3.63. The van der Waals surface area contributed by atoms with Crippen LogP contribution in [0.4, 0.5) is 14.5 Å². The number of ketones is 1. The molecule has 0 unspecified atom stereocenters. The molecule has 1 N–H and O–H groups in total. The van der Waals surface area contributed by atoms with Crippen molar-refractivity contribution in [1.29, 1.82) is 0 Å². The second-order valence-corrected chi connectivity index (χ2v) is 5.08. The van der Waals surface area contributed by atoms with Crippen molar-refractivity contribution in [3.63, 3.8) is 0 Å². The topological polar surface area (TPSA) is 34.0 Å². The molecule has 0 fully saturated rings. The largest absolute Gasteiger partial charge is 0.377 e. The number of carbonyl (C=O) groups is 1. The molecule has 1 aromatic heterocycles. The highest BCUT2D eigenvalue weighted by Gasteiger charge is 2.13. The minimum absolute atomic E-state index is 0.0130. The Bertz CT molecular complexity index is 855. The molecule has 2 aromatic carbocycles. The second kappa shape index (κ2) is 5.60. The number of aromatic nitrogens is 1. The number of halogens is 2. The molecule has 3 nitrogen and oxygen atoms in total. The number of nitrogens with zero attached hydrogens (tertiary/aromatic N) is 1. The Morgan fingerprint density at radius 3 is 2.68 bits per heavy atom. The van der Waals surface area contributed by atoms with Gasteiger partial charge in [-0.2, -0.15) is 0 Å². The van der Waals surface area contributed by atoms with Crippen molar-refractivity contribution in [1.82, 2.24) is 4.57 Å². The third-order valence-electron chi connectivity index (χ3n) is 3.57. The number of carbonyl (C=O) groups excluding carboxylic acids is 1. The first-order valence-corrected chi connectivity index (χ1v) is 6.82. The zero-order valence-corrected chi connectivity index (χ0v) is 11.9. The number of hydrogen-bond acceptors (Lipinski definition) is 2. The second-order valence-electron chi connectivity index (χ2n) is 5.08. The smallest absolute Gasteiger partial charge is 0.184 e. The molecule has 5 heteroatoms. The number of rotatable bonds is 4. The van der Waals surface area contributed by atoms with Crippen molar-refractivity contribution in [2.75, 3.05) is 11.9 Å². The van der Waals surface area contributed by atoms with Gasteiger partial charge in [0.2, 0.25) is 0 Å². The van der Waals surface area contributed by atoms with Gasteiger partial charge < -0.3 is 9.88 Å². The van der Waals surface area contributed by atoms with Gasteiger partial charge in [0.1, 0.15) is 0 Å². The van der Waals surface area contributed by atoms with E-state index in [1.807, 2.05) is 35.9 Å². The number of aryl methyl sites for hydroxylation is 1. The van der Waals surface area contributed by atoms with Crippen molar-refractivity contribution in [3.8, 4) is 0 Å². The third kappa shape index (κ3) is 2.57. The summed E-state index contributed by atoms with van der Waals surface area (Å²) >= 11 is 0. The fourth-order valence-corrected chi connectivity index (χ4v) is 2.45. The summed E-state index contributed by atoms with van der Waals surface area (Å²) in [6.07, 6.45) is 1.78. The Labute approximate surface area is 126 Å². The summed E-state index contributed by atoms with van der Waals surface area (Å²) in [5, 5.41) is 3.70. The van der Waals surface area contributed by atoms with Crippen LogP contribution in [0.1, 0.15) is 10.4 Å². The molecule has 1 heterocycles. The number of anilines is 1. The Morgan fingerprint density at radius 2 is 1.91 bits per heavy atom. The molecule has 0 radical (unpaired) electrons. The highest BCUT2D eigenvalue weighted by Crippen LogP contribution is 2.21. The predicted octanol–water partition coefficient (Wildman–Crippen LogP) is 3.75. The molecular weight excluding hydrogens is 286 g/mol. The molecule has 3 rings (SSSR count). The molecule has 22 heavy (non-hydrogen) atoms.